The smallest absolute Gasteiger partial charge is 0.326 e. The van der Waals surface area contributed by atoms with Crippen molar-refractivity contribution in [3.63, 3.8) is 0 Å². The van der Waals surface area contributed by atoms with E-state index in [9.17, 15) is 28.8 Å². The third-order valence-electron chi connectivity index (χ3n) is 23.1. The molecule has 6 saturated heterocycles. The van der Waals surface area contributed by atoms with E-state index in [1.54, 1.807) is 0 Å². The van der Waals surface area contributed by atoms with Crippen LogP contribution in [0.15, 0.2) is 248 Å². The van der Waals surface area contributed by atoms with Crippen molar-refractivity contribution in [1.82, 2.24) is 0 Å². The minimum Gasteiger partial charge on any atom is -0.425 e. The van der Waals surface area contributed by atoms with Crippen LogP contribution in [0.4, 0.5) is 0 Å². The van der Waals surface area contributed by atoms with Crippen molar-refractivity contribution in [3.05, 3.63) is 218 Å². The van der Waals surface area contributed by atoms with Gasteiger partial charge in [0.25, 0.3) is 0 Å². The molecule has 6 fully saturated rings. The van der Waals surface area contributed by atoms with Gasteiger partial charge in [-0.3, -0.25) is 28.8 Å². The molecule has 6 heterocycles. The minimum absolute atomic E-state index is 0.142. The van der Waals surface area contributed by atoms with Crippen LogP contribution >= 0.6 is 147 Å². The summed E-state index contributed by atoms with van der Waals surface area (Å²) in [4.78, 5) is 80.9. The lowest BCUT2D eigenvalue weighted by Gasteiger charge is -2.18. The highest BCUT2D eigenvalue weighted by Crippen LogP contribution is 2.43. The molecule has 6 aliphatic rings. The number of hydrogen-bond acceptors (Lipinski definition) is 14. The number of carbonyl (C=O) groups is 6. The van der Waals surface area contributed by atoms with Crippen molar-refractivity contribution < 1.29 is 61.9 Å². The van der Waals surface area contributed by atoms with Gasteiger partial charge < -0.3 is 33.2 Å². The lowest BCUT2D eigenvalue weighted by molar-refractivity contribution is -0.136. The van der Waals surface area contributed by atoms with E-state index in [1.807, 2.05) is 188 Å². The summed E-state index contributed by atoms with van der Waals surface area (Å²) in [5.41, 5.74) is 0. The molecule has 0 N–H and O–H groups in total. The number of thioether (sulfide) groups is 1. The fraction of sp³-hybridized carbons (Fsp3) is 0.383. The lowest BCUT2D eigenvalue weighted by Crippen LogP contribution is -2.29. The Morgan fingerprint density at radius 1 is 0.293 bits per heavy atom. The third kappa shape index (κ3) is 29.1. The average Bonchev–Trinajstić information content (AvgIpc) is 1.000. The van der Waals surface area contributed by atoms with E-state index >= 15 is 0 Å². The summed E-state index contributed by atoms with van der Waals surface area (Å²) >= 11 is 14.6. The van der Waals surface area contributed by atoms with Gasteiger partial charge >= 0.3 is 35.8 Å². The zero-order valence-corrected chi connectivity index (χ0v) is 95.5. The fourth-order valence-electron chi connectivity index (χ4n) is 16.1. The van der Waals surface area contributed by atoms with E-state index in [0.29, 0.717) is 93.4 Å². The summed E-state index contributed by atoms with van der Waals surface area (Å²) < 4.78 is 37.3. The van der Waals surface area contributed by atoms with Crippen LogP contribution in [0, 0.1) is 0 Å². The quantitative estimate of drug-likeness (QED) is 0.0262. The highest BCUT2D eigenvalue weighted by Gasteiger charge is 2.38. The highest BCUT2D eigenvalue weighted by molar-refractivity contribution is 14.1. The summed E-state index contributed by atoms with van der Waals surface area (Å²) in [6.07, 6.45) is 13.4. The van der Waals surface area contributed by atoms with Crippen LogP contribution in [-0.4, -0.2) is 152 Å². The van der Waals surface area contributed by atoms with Crippen LogP contribution in [-0.2, 0) is 98.9 Å². The van der Waals surface area contributed by atoms with E-state index < -0.39 is 13.7 Å². The molecule has 18 rings (SSSR count). The van der Waals surface area contributed by atoms with Crippen LogP contribution in [0.3, 0.4) is 0 Å². The molecule has 0 spiro atoms. The number of hydrogen-bond donors (Lipinski definition) is 0. The van der Waals surface area contributed by atoms with Crippen LogP contribution in [0.25, 0.3) is 64.6 Å². The highest BCUT2D eigenvalue weighted by atomic mass is 127. The number of ether oxygens (including phenoxy) is 7. The fourth-order valence-corrected chi connectivity index (χ4v) is 33.0. The molecular weight excluding hydrogens is 2480 g/mol. The van der Waals surface area contributed by atoms with E-state index in [0.717, 1.165) is 57.0 Å². The zero-order chi connectivity index (χ0) is 94.6. The van der Waals surface area contributed by atoms with Crippen molar-refractivity contribution in [2.75, 3.05) is 98.2 Å². The Hall–Kier alpha value is -4.19. The van der Waals surface area contributed by atoms with Gasteiger partial charge in [-0.05, 0) is 236 Å². The summed E-state index contributed by atoms with van der Waals surface area (Å²) in [6.45, 7) is 18.4. The normalized spacial score (nSPS) is 16.4. The van der Waals surface area contributed by atoms with Crippen molar-refractivity contribution in [2.45, 2.75) is 174 Å². The van der Waals surface area contributed by atoms with Gasteiger partial charge in [0, 0.05) is 142 Å². The zero-order valence-electron chi connectivity index (χ0n) is 76.9. The summed E-state index contributed by atoms with van der Waals surface area (Å²) in [5, 5.41) is 13.7. The van der Waals surface area contributed by atoms with Gasteiger partial charge in [-0.25, -0.2) is 0 Å². The molecule has 702 valence electrons. The maximum Gasteiger partial charge on any atom is 0.326 e. The average molecular weight is 2600 g/mol. The Balaban J connectivity index is 0.000000136. The number of esters is 6. The number of halogens is 6. The molecular formula is C107H118I6O13S7+6. The van der Waals surface area contributed by atoms with Crippen molar-refractivity contribution >= 4 is 313 Å². The Morgan fingerprint density at radius 2 is 0.519 bits per heavy atom. The van der Waals surface area contributed by atoms with Crippen molar-refractivity contribution in [1.29, 1.82) is 0 Å². The molecule has 13 nitrogen and oxygen atoms in total. The van der Waals surface area contributed by atoms with Gasteiger partial charge in [-0.15, -0.1) is 0 Å². The van der Waals surface area contributed by atoms with Crippen LogP contribution in [0.5, 0.6) is 34.5 Å². The molecule has 133 heavy (non-hydrogen) atoms. The second-order valence-electron chi connectivity index (χ2n) is 34.9. The van der Waals surface area contributed by atoms with E-state index in [1.165, 1.54) is 195 Å². The van der Waals surface area contributed by atoms with Crippen LogP contribution in [0.2, 0.25) is 0 Å². The molecule has 0 radical (unpaired) electrons. The summed E-state index contributed by atoms with van der Waals surface area (Å²) in [6, 6.07) is 74.5. The Labute approximate surface area is 888 Å². The maximum absolute atomic E-state index is 12.2. The van der Waals surface area contributed by atoms with Crippen LogP contribution in [0.1, 0.15) is 127 Å². The first-order valence-electron chi connectivity index (χ1n) is 45.4. The minimum atomic E-state index is -0.542. The molecule has 0 bridgehead atoms. The molecule has 1 atom stereocenters. The molecule has 12 aromatic rings. The second kappa shape index (κ2) is 50.5. The number of alkyl halides is 6. The Morgan fingerprint density at radius 3 is 0.805 bits per heavy atom. The second-order valence-corrected chi connectivity index (χ2v) is 63.0. The first-order valence-corrected chi connectivity index (χ1v) is 63.0. The molecule has 12 aromatic carbocycles. The molecule has 0 aromatic heterocycles. The summed E-state index contributed by atoms with van der Waals surface area (Å²) in [5.74, 6) is 20.4. The van der Waals surface area contributed by atoms with Gasteiger partial charge in [-0.2, -0.15) is 11.8 Å². The first-order chi connectivity index (χ1) is 63.8. The van der Waals surface area contributed by atoms with Gasteiger partial charge in [0.2, 0.25) is 0 Å². The maximum atomic E-state index is 12.2. The van der Waals surface area contributed by atoms with E-state index in [2.05, 4.69) is 240 Å². The van der Waals surface area contributed by atoms with Crippen LogP contribution < -0.4 is 28.4 Å². The van der Waals surface area contributed by atoms with Gasteiger partial charge in [0.15, 0.2) is 29.4 Å². The monoisotopic (exact) mass is 2600 g/mol. The Bertz CT molecular complexity index is 5820. The standard InChI is InChI=1S/C19H22IO2S.C18H20IO3S.C18H20IO2S2.2C18H20IO2S.C16H16IO2S/c1-19(2,20)18(21)22-16-10-6-9-15-14(16)8-7-11-17(15)23-12-4-3-5-13-23;1-18(2,19)17(20)22-15-7-8-16(23-11-9-21-10-12-23)14-6-4-3-5-13(14)15;1-18(2,19)17(20)21-15-7-8-16(23-11-9-22-10-12-23)14-6-4-3-5-13(14)15;1-18(2,19)17(20)21-15-9-5-8-14-13(15)7-6-10-16(14)22-11-3-4-12-22;1-13(19)18(20)21-16-9-10-17(22-11-5-2-6-12-22)15-8-4-3-7-14(15)16;17-11-16(18)19-14-7-8-15(20-9-3-4-10-20)13-6-2-1-5-12(13)14/h6-11H,3-5,12-13H2,1-2H3;2*3-8H,9-12H2,1-2H3;5-10H,3-4,11-12H2,1-2H3;3-4,7-10,13H,2,5-6,11-12H2,1H3;1-2,5-8H,3-4,9-11H2/q6*+1. The summed E-state index contributed by atoms with van der Waals surface area (Å²) in [7, 11) is 1.94. The van der Waals surface area contributed by atoms with Crippen molar-refractivity contribution in [3.8, 4) is 34.5 Å². The molecule has 6 aliphatic heterocycles. The molecule has 26 heteroatoms. The number of carbonyl (C=O) groups excluding carboxylic acids is 6. The third-order valence-corrected chi connectivity index (χ3v) is 42.3. The predicted molar refractivity (Wildman–Crippen MR) is 619 cm³/mol. The topological polar surface area (TPSA) is 167 Å². The largest absolute Gasteiger partial charge is 0.425 e. The van der Waals surface area contributed by atoms with Crippen molar-refractivity contribution in [2.24, 2.45) is 0 Å². The van der Waals surface area contributed by atoms with E-state index in [4.69, 9.17) is 33.2 Å². The molecule has 1 unspecified atom stereocenters. The first kappa shape index (κ1) is 106. The Kier molecular flexibility index (Phi) is 40.3. The molecule has 0 amide bonds. The van der Waals surface area contributed by atoms with Gasteiger partial charge in [-0.1, -0.05) is 245 Å². The lowest BCUT2D eigenvalue weighted by atomic mass is 10.1. The molecule has 0 saturated carbocycles. The van der Waals surface area contributed by atoms with Gasteiger partial charge in [0.05, 0.1) is 17.6 Å². The number of rotatable bonds is 18. The number of fused-ring (bicyclic) bond motifs is 6. The number of benzene rings is 12. The van der Waals surface area contributed by atoms with E-state index in [-0.39, 0.29) is 50.6 Å². The SMILES string of the molecule is CC(C)(I)C(=O)Oc1ccc([S+]2CCOCC2)c2ccccc12.CC(C)(I)C(=O)Oc1ccc([S+]2CCSCC2)c2ccccc12.CC(C)(I)C(=O)Oc1cccc2c([S+]3CCCC3)cccc12.CC(C)(I)C(=O)Oc1cccc2c([S+]3CCCCC3)cccc12.CC(I)C(=O)Oc1ccc([S+]2CCCCC2)c2ccccc12.O=C(CI)Oc1ccc([S+]2CCCC2)c2ccccc12. The predicted octanol–water partition coefficient (Wildman–Crippen LogP) is 27.2. The molecule has 0 aliphatic carbocycles. The van der Waals surface area contributed by atoms with Gasteiger partial charge in [0.1, 0.15) is 121 Å².